The standard InChI is InChI=1S/C24H31N3O2/c1-4-6-14-26-15-13-23-21(17-26)20-9-7-8-10-22(20)27(23)16-19(5-2)12-11-18(3)24(28)25-29/h5,7-12,29H,2,4,6,13-17H2,1,3H3,(H,25,28)/b18-11+,19-12+. The summed E-state index contributed by atoms with van der Waals surface area (Å²) in [7, 11) is 0. The fraction of sp³-hybridized carbons (Fsp3) is 0.375. The topological polar surface area (TPSA) is 57.5 Å². The van der Waals surface area contributed by atoms with Crippen LogP contribution >= 0.6 is 0 Å². The summed E-state index contributed by atoms with van der Waals surface area (Å²) in [6.07, 6.45) is 8.95. The fourth-order valence-electron chi connectivity index (χ4n) is 3.97. The second kappa shape index (κ2) is 9.72. The van der Waals surface area contributed by atoms with Gasteiger partial charge >= 0.3 is 0 Å². The van der Waals surface area contributed by atoms with Gasteiger partial charge in [0.1, 0.15) is 0 Å². The van der Waals surface area contributed by atoms with Crippen LogP contribution in [0.25, 0.3) is 10.9 Å². The number of aromatic nitrogens is 1. The van der Waals surface area contributed by atoms with Crippen LogP contribution in [0.2, 0.25) is 0 Å². The average molecular weight is 394 g/mol. The molecule has 0 saturated heterocycles. The third-order valence-corrected chi connectivity index (χ3v) is 5.68. The Labute approximate surface area is 173 Å². The molecule has 29 heavy (non-hydrogen) atoms. The minimum atomic E-state index is -0.499. The number of nitrogens with one attached hydrogen (secondary N) is 1. The van der Waals surface area contributed by atoms with Crippen molar-refractivity contribution in [3.63, 3.8) is 0 Å². The van der Waals surface area contributed by atoms with Gasteiger partial charge < -0.3 is 4.57 Å². The van der Waals surface area contributed by atoms with E-state index >= 15 is 0 Å². The highest BCUT2D eigenvalue weighted by Crippen LogP contribution is 2.31. The molecule has 2 heterocycles. The number of fused-ring (bicyclic) bond motifs is 3. The normalized spacial score (nSPS) is 15.4. The van der Waals surface area contributed by atoms with Crippen LogP contribution in [0.3, 0.4) is 0 Å². The molecule has 0 aliphatic carbocycles. The van der Waals surface area contributed by atoms with Gasteiger partial charge in [0.15, 0.2) is 0 Å². The summed E-state index contributed by atoms with van der Waals surface area (Å²) in [6, 6.07) is 8.61. The van der Waals surface area contributed by atoms with Crippen LogP contribution in [0, 0.1) is 0 Å². The predicted octanol–water partition coefficient (Wildman–Crippen LogP) is 4.36. The van der Waals surface area contributed by atoms with Crippen molar-refractivity contribution in [2.24, 2.45) is 0 Å². The molecule has 1 aromatic carbocycles. The molecule has 0 fully saturated rings. The van der Waals surface area contributed by atoms with Crippen LogP contribution in [0.1, 0.15) is 37.9 Å². The molecule has 1 aliphatic rings. The Morgan fingerprint density at radius 3 is 2.83 bits per heavy atom. The minimum Gasteiger partial charge on any atom is -0.340 e. The fourth-order valence-corrected chi connectivity index (χ4v) is 3.97. The van der Waals surface area contributed by atoms with E-state index < -0.39 is 5.91 Å². The van der Waals surface area contributed by atoms with Gasteiger partial charge in [-0.1, -0.05) is 56.4 Å². The maximum atomic E-state index is 11.5. The quantitative estimate of drug-likeness (QED) is 0.303. The summed E-state index contributed by atoms with van der Waals surface area (Å²) < 4.78 is 2.39. The zero-order valence-corrected chi connectivity index (χ0v) is 17.4. The summed E-state index contributed by atoms with van der Waals surface area (Å²) in [4.78, 5) is 14.1. The number of carbonyl (C=O) groups is 1. The number of hydrogen-bond acceptors (Lipinski definition) is 3. The van der Waals surface area contributed by atoms with Crippen molar-refractivity contribution in [2.45, 2.75) is 46.2 Å². The maximum Gasteiger partial charge on any atom is 0.270 e. The molecule has 5 heteroatoms. The summed E-state index contributed by atoms with van der Waals surface area (Å²) in [5.74, 6) is -0.499. The highest BCUT2D eigenvalue weighted by atomic mass is 16.5. The van der Waals surface area contributed by atoms with Gasteiger partial charge in [-0.2, -0.15) is 0 Å². The number of amides is 1. The maximum absolute atomic E-state index is 11.5. The number of unbranched alkanes of at least 4 members (excludes halogenated alkanes) is 1. The lowest BCUT2D eigenvalue weighted by molar-refractivity contribution is -0.125. The Morgan fingerprint density at radius 1 is 1.31 bits per heavy atom. The van der Waals surface area contributed by atoms with E-state index in [-0.39, 0.29) is 0 Å². The number of nitrogens with zero attached hydrogens (tertiary/aromatic N) is 2. The van der Waals surface area contributed by atoms with Crippen molar-refractivity contribution >= 4 is 16.8 Å². The zero-order chi connectivity index (χ0) is 20.8. The first kappa shape index (κ1) is 21.1. The molecule has 2 aromatic rings. The summed E-state index contributed by atoms with van der Waals surface area (Å²) >= 11 is 0. The van der Waals surface area contributed by atoms with Crippen molar-refractivity contribution in [1.29, 1.82) is 0 Å². The Kier molecular flexibility index (Phi) is 7.07. The Morgan fingerprint density at radius 2 is 2.10 bits per heavy atom. The first-order chi connectivity index (χ1) is 14.1. The third-order valence-electron chi connectivity index (χ3n) is 5.68. The predicted molar refractivity (Wildman–Crippen MR) is 118 cm³/mol. The lowest BCUT2D eigenvalue weighted by Crippen LogP contribution is -2.32. The molecule has 0 atom stereocenters. The third kappa shape index (κ3) is 4.69. The Hall–Kier alpha value is -2.63. The molecule has 1 aromatic heterocycles. The van der Waals surface area contributed by atoms with Crippen molar-refractivity contribution in [2.75, 3.05) is 13.1 Å². The van der Waals surface area contributed by atoms with Gasteiger partial charge in [0.05, 0.1) is 0 Å². The molecule has 0 saturated carbocycles. The van der Waals surface area contributed by atoms with Crippen LogP contribution in [0.15, 0.2) is 60.2 Å². The zero-order valence-electron chi connectivity index (χ0n) is 17.4. The van der Waals surface area contributed by atoms with E-state index in [1.165, 1.54) is 35.0 Å². The molecule has 1 amide bonds. The van der Waals surface area contributed by atoms with E-state index in [0.29, 0.717) is 12.1 Å². The molecule has 3 rings (SSSR count). The van der Waals surface area contributed by atoms with Crippen molar-refractivity contribution < 1.29 is 10.0 Å². The molecule has 154 valence electrons. The number of allylic oxidation sites excluding steroid dienone is 4. The van der Waals surface area contributed by atoms with Crippen molar-refractivity contribution in [3.05, 3.63) is 71.5 Å². The second-order valence-corrected chi connectivity index (χ2v) is 7.64. The van der Waals surface area contributed by atoms with E-state index in [2.05, 4.69) is 47.2 Å². The van der Waals surface area contributed by atoms with Gasteiger partial charge in [0.2, 0.25) is 0 Å². The first-order valence-electron chi connectivity index (χ1n) is 10.3. The second-order valence-electron chi connectivity index (χ2n) is 7.64. The minimum absolute atomic E-state index is 0.442. The van der Waals surface area contributed by atoms with Crippen LogP contribution in [-0.2, 0) is 24.3 Å². The summed E-state index contributed by atoms with van der Waals surface area (Å²) in [6.45, 7) is 11.8. The number of hydroxylamine groups is 1. The lowest BCUT2D eigenvalue weighted by atomic mass is 10.0. The van der Waals surface area contributed by atoms with Crippen LogP contribution in [0.5, 0.6) is 0 Å². The number of rotatable bonds is 8. The number of benzene rings is 1. The van der Waals surface area contributed by atoms with Gasteiger partial charge in [-0.25, -0.2) is 5.48 Å². The largest absolute Gasteiger partial charge is 0.340 e. The molecule has 0 spiro atoms. The molecular formula is C24H31N3O2. The Balaban J connectivity index is 1.94. The number of hydrogen-bond donors (Lipinski definition) is 2. The van der Waals surface area contributed by atoms with Gasteiger partial charge in [-0.05, 0) is 37.1 Å². The average Bonchev–Trinajstić information content (AvgIpc) is 3.07. The number of para-hydroxylation sites is 1. The van der Waals surface area contributed by atoms with E-state index in [4.69, 9.17) is 5.21 Å². The van der Waals surface area contributed by atoms with E-state index in [9.17, 15) is 4.79 Å². The highest BCUT2D eigenvalue weighted by molar-refractivity contribution is 5.92. The molecule has 0 radical (unpaired) electrons. The number of carbonyl (C=O) groups excluding carboxylic acids is 1. The molecule has 1 aliphatic heterocycles. The molecule has 2 N–H and O–H groups in total. The lowest BCUT2D eigenvalue weighted by Gasteiger charge is -2.28. The molecule has 0 unspecified atom stereocenters. The van der Waals surface area contributed by atoms with Crippen LogP contribution in [0.4, 0.5) is 0 Å². The van der Waals surface area contributed by atoms with Gasteiger partial charge in [0.25, 0.3) is 5.91 Å². The monoisotopic (exact) mass is 393 g/mol. The van der Waals surface area contributed by atoms with E-state index in [1.54, 1.807) is 18.5 Å². The van der Waals surface area contributed by atoms with E-state index in [1.807, 2.05) is 12.2 Å². The van der Waals surface area contributed by atoms with Crippen molar-refractivity contribution in [3.8, 4) is 0 Å². The van der Waals surface area contributed by atoms with Crippen molar-refractivity contribution in [1.82, 2.24) is 14.9 Å². The van der Waals surface area contributed by atoms with Crippen LogP contribution < -0.4 is 5.48 Å². The molecule has 0 bridgehead atoms. The smallest absolute Gasteiger partial charge is 0.270 e. The van der Waals surface area contributed by atoms with E-state index in [0.717, 1.165) is 31.6 Å². The summed E-state index contributed by atoms with van der Waals surface area (Å²) in [5, 5.41) is 10.1. The van der Waals surface area contributed by atoms with Crippen LogP contribution in [-0.4, -0.2) is 33.7 Å². The highest BCUT2D eigenvalue weighted by Gasteiger charge is 2.23. The molecule has 5 nitrogen and oxygen atoms in total. The molecular weight excluding hydrogens is 362 g/mol. The Bertz CT molecular complexity index is 952. The van der Waals surface area contributed by atoms with Gasteiger partial charge in [-0.3, -0.25) is 14.9 Å². The van der Waals surface area contributed by atoms with Gasteiger partial charge in [-0.15, -0.1) is 0 Å². The SMILES string of the molecule is C=C/C(=C\C=C(/C)C(=O)NO)Cn1c2c(c3ccccc31)CN(CCCC)CC2. The first-order valence-corrected chi connectivity index (χ1v) is 10.3. The summed E-state index contributed by atoms with van der Waals surface area (Å²) in [5.41, 5.74) is 7.22. The van der Waals surface area contributed by atoms with Gasteiger partial charge in [0, 0.05) is 48.2 Å².